The third-order valence-electron chi connectivity index (χ3n) is 3.40. The van der Waals surface area contributed by atoms with Crippen molar-refractivity contribution < 1.29 is 19.1 Å². The highest BCUT2D eigenvalue weighted by molar-refractivity contribution is 5.78. The number of aliphatic hydroxyl groups excluding tert-OH is 1. The van der Waals surface area contributed by atoms with Crippen LogP contribution < -0.4 is 10.1 Å². The second-order valence-electron chi connectivity index (χ2n) is 5.11. The van der Waals surface area contributed by atoms with Gasteiger partial charge in [-0.05, 0) is 30.7 Å². The molecule has 0 aliphatic heterocycles. The summed E-state index contributed by atoms with van der Waals surface area (Å²) in [7, 11) is 0. The first kappa shape index (κ1) is 16.1. The van der Waals surface area contributed by atoms with E-state index in [1.54, 1.807) is 12.1 Å². The lowest BCUT2D eigenvalue weighted by Crippen LogP contribution is -2.35. The summed E-state index contributed by atoms with van der Waals surface area (Å²) in [6, 6.07) is 12.4. The molecule has 0 radical (unpaired) electrons. The fourth-order valence-electron chi connectivity index (χ4n) is 2.01. The van der Waals surface area contributed by atoms with E-state index in [0.29, 0.717) is 18.8 Å². The zero-order valence-corrected chi connectivity index (χ0v) is 12.6. The van der Waals surface area contributed by atoms with Crippen LogP contribution >= 0.6 is 0 Å². The number of benzene rings is 1. The van der Waals surface area contributed by atoms with Gasteiger partial charge in [0.15, 0.2) is 0 Å². The number of rotatable bonds is 8. The predicted octanol–water partition coefficient (Wildman–Crippen LogP) is 2.53. The first-order valence-electron chi connectivity index (χ1n) is 7.33. The maximum absolute atomic E-state index is 12.1. The molecule has 0 aliphatic carbocycles. The Hall–Kier alpha value is -2.27. The van der Waals surface area contributed by atoms with Crippen LogP contribution in [0.15, 0.2) is 53.1 Å². The monoisotopic (exact) mass is 303 g/mol. The van der Waals surface area contributed by atoms with Crippen molar-refractivity contribution >= 4 is 5.91 Å². The van der Waals surface area contributed by atoms with Crippen LogP contribution in [-0.2, 0) is 4.79 Å². The predicted molar refractivity (Wildman–Crippen MR) is 82.4 cm³/mol. The van der Waals surface area contributed by atoms with Crippen LogP contribution in [0.2, 0.25) is 0 Å². The van der Waals surface area contributed by atoms with Crippen LogP contribution in [0.25, 0.3) is 0 Å². The van der Waals surface area contributed by atoms with Gasteiger partial charge in [-0.1, -0.05) is 25.1 Å². The van der Waals surface area contributed by atoms with E-state index >= 15 is 0 Å². The van der Waals surface area contributed by atoms with Crippen LogP contribution in [-0.4, -0.2) is 24.2 Å². The molecule has 118 valence electrons. The highest BCUT2D eigenvalue weighted by Gasteiger charge is 2.20. The fraction of sp³-hybridized carbons (Fsp3) is 0.353. The van der Waals surface area contributed by atoms with Crippen LogP contribution in [0.5, 0.6) is 5.75 Å². The van der Waals surface area contributed by atoms with Gasteiger partial charge in [-0.2, -0.15) is 0 Å². The lowest BCUT2D eigenvalue weighted by atomic mass is 10.1. The number of hydrogen-bond donors (Lipinski definition) is 2. The van der Waals surface area contributed by atoms with Gasteiger partial charge < -0.3 is 19.6 Å². The van der Waals surface area contributed by atoms with Crippen molar-refractivity contribution in [3.05, 3.63) is 54.5 Å². The normalized spacial score (nSPS) is 13.4. The molecule has 5 nitrogen and oxygen atoms in total. The summed E-state index contributed by atoms with van der Waals surface area (Å²) >= 11 is 0. The molecule has 0 bridgehead atoms. The Balaban J connectivity index is 1.77. The minimum absolute atomic E-state index is 0.132. The van der Waals surface area contributed by atoms with Crippen molar-refractivity contribution in [2.75, 3.05) is 13.2 Å². The molecule has 2 rings (SSSR count). The van der Waals surface area contributed by atoms with Gasteiger partial charge in [0.25, 0.3) is 0 Å². The average Bonchev–Trinajstić information content (AvgIpc) is 3.07. The van der Waals surface area contributed by atoms with Gasteiger partial charge in [-0.15, -0.1) is 0 Å². The van der Waals surface area contributed by atoms with Crippen molar-refractivity contribution in [2.45, 2.75) is 19.4 Å². The SMILES string of the molecule is CC(CCOc1ccccc1)C(=O)NC(CO)c1ccco1. The summed E-state index contributed by atoms with van der Waals surface area (Å²) in [5.74, 6) is 0.988. The fourth-order valence-corrected chi connectivity index (χ4v) is 2.01. The standard InChI is InChI=1S/C17H21NO4/c1-13(9-11-21-14-6-3-2-4-7-14)17(20)18-15(12-19)16-8-5-10-22-16/h2-8,10,13,15,19H,9,11-12H2,1H3,(H,18,20). The summed E-state index contributed by atoms with van der Waals surface area (Å²) in [5.41, 5.74) is 0. The number of carbonyl (C=O) groups excluding carboxylic acids is 1. The number of carbonyl (C=O) groups is 1. The molecule has 1 aromatic carbocycles. The third kappa shape index (κ3) is 4.63. The van der Waals surface area contributed by atoms with Crippen LogP contribution in [0.3, 0.4) is 0 Å². The molecule has 0 fully saturated rings. The Morgan fingerprint density at radius 3 is 2.68 bits per heavy atom. The Kier molecular flexibility index (Phi) is 6.03. The molecule has 0 aliphatic rings. The zero-order valence-electron chi connectivity index (χ0n) is 12.6. The molecule has 0 spiro atoms. The second kappa shape index (κ2) is 8.24. The van der Waals surface area contributed by atoms with E-state index in [4.69, 9.17) is 9.15 Å². The third-order valence-corrected chi connectivity index (χ3v) is 3.40. The van der Waals surface area contributed by atoms with Gasteiger partial charge in [0.1, 0.15) is 17.6 Å². The Bertz CT molecular complexity index is 553. The van der Waals surface area contributed by atoms with Gasteiger partial charge in [0, 0.05) is 5.92 Å². The minimum Gasteiger partial charge on any atom is -0.494 e. The summed E-state index contributed by atoms with van der Waals surface area (Å²) < 4.78 is 10.8. The van der Waals surface area contributed by atoms with E-state index in [-0.39, 0.29) is 18.4 Å². The first-order valence-corrected chi connectivity index (χ1v) is 7.33. The molecule has 1 aromatic heterocycles. The molecule has 0 saturated heterocycles. The number of nitrogens with one attached hydrogen (secondary N) is 1. The van der Waals surface area contributed by atoms with Crippen molar-refractivity contribution in [1.82, 2.24) is 5.32 Å². The number of hydrogen-bond acceptors (Lipinski definition) is 4. The van der Waals surface area contributed by atoms with Crippen molar-refractivity contribution in [3.8, 4) is 5.75 Å². The van der Waals surface area contributed by atoms with Gasteiger partial charge in [0.05, 0.1) is 19.5 Å². The van der Waals surface area contributed by atoms with Crippen LogP contribution in [0, 0.1) is 5.92 Å². The van der Waals surface area contributed by atoms with Crippen LogP contribution in [0.4, 0.5) is 0 Å². The van der Waals surface area contributed by atoms with E-state index < -0.39 is 6.04 Å². The van der Waals surface area contributed by atoms with E-state index in [9.17, 15) is 9.90 Å². The largest absolute Gasteiger partial charge is 0.494 e. The number of aliphatic hydroxyl groups is 1. The van der Waals surface area contributed by atoms with E-state index in [1.165, 1.54) is 6.26 Å². The van der Waals surface area contributed by atoms with E-state index in [0.717, 1.165) is 5.75 Å². The molecule has 1 amide bonds. The highest BCUT2D eigenvalue weighted by Crippen LogP contribution is 2.15. The summed E-state index contributed by atoms with van der Waals surface area (Å²) in [6.45, 7) is 2.09. The zero-order chi connectivity index (χ0) is 15.8. The maximum Gasteiger partial charge on any atom is 0.223 e. The van der Waals surface area contributed by atoms with E-state index in [1.807, 2.05) is 37.3 Å². The van der Waals surface area contributed by atoms with Gasteiger partial charge in [0.2, 0.25) is 5.91 Å². The number of furan rings is 1. The molecule has 1 heterocycles. The lowest BCUT2D eigenvalue weighted by Gasteiger charge is -2.17. The van der Waals surface area contributed by atoms with Crippen molar-refractivity contribution in [1.29, 1.82) is 0 Å². The Labute approximate surface area is 129 Å². The number of amides is 1. The van der Waals surface area contributed by atoms with E-state index in [2.05, 4.69) is 5.32 Å². The molecule has 0 saturated carbocycles. The maximum atomic E-state index is 12.1. The van der Waals surface area contributed by atoms with Gasteiger partial charge >= 0.3 is 0 Å². The van der Waals surface area contributed by atoms with Crippen LogP contribution in [0.1, 0.15) is 25.1 Å². The quantitative estimate of drug-likeness (QED) is 0.786. The smallest absolute Gasteiger partial charge is 0.223 e. The first-order chi connectivity index (χ1) is 10.7. The molecule has 2 aromatic rings. The van der Waals surface area contributed by atoms with Gasteiger partial charge in [-0.25, -0.2) is 0 Å². The molecular weight excluding hydrogens is 282 g/mol. The lowest BCUT2D eigenvalue weighted by molar-refractivity contribution is -0.126. The summed E-state index contributed by atoms with van der Waals surface area (Å²) in [6.07, 6.45) is 2.11. The number of ether oxygens (including phenoxy) is 1. The summed E-state index contributed by atoms with van der Waals surface area (Å²) in [5, 5.41) is 12.1. The molecule has 22 heavy (non-hydrogen) atoms. The minimum atomic E-state index is -0.514. The Morgan fingerprint density at radius 1 is 1.27 bits per heavy atom. The highest BCUT2D eigenvalue weighted by atomic mass is 16.5. The van der Waals surface area contributed by atoms with Crippen molar-refractivity contribution in [2.24, 2.45) is 5.92 Å². The molecule has 2 unspecified atom stereocenters. The summed E-state index contributed by atoms with van der Waals surface area (Å²) in [4.78, 5) is 12.1. The topological polar surface area (TPSA) is 71.7 Å². The average molecular weight is 303 g/mol. The Morgan fingerprint density at radius 2 is 2.05 bits per heavy atom. The van der Waals surface area contributed by atoms with Gasteiger partial charge in [-0.3, -0.25) is 4.79 Å². The molecule has 2 N–H and O–H groups in total. The second-order valence-corrected chi connectivity index (χ2v) is 5.11. The number of para-hydroxylation sites is 1. The molecule has 2 atom stereocenters. The molecule has 5 heteroatoms. The van der Waals surface area contributed by atoms with Crippen molar-refractivity contribution in [3.63, 3.8) is 0 Å². The molecular formula is C17H21NO4.